The minimum atomic E-state index is -0.439. The van der Waals surface area contributed by atoms with Crippen LogP contribution in [0.3, 0.4) is 0 Å². The van der Waals surface area contributed by atoms with Crippen LogP contribution in [-0.4, -0.2) is 3.21 Å². The first kappa shape index (κ1) is 23.6. The second kappa shape index (κ2) is 9.40. The number of rotatable bonds is 2. The molecule has 4 aliphatic rings. The Hall–Kier alpha value is 0.293. The molecular weight excluding hydrogens is 450 g/mol. The van der Waals surface area contributed by atoms with Crippen LogP contribution in [0.2, 0.25) is 3.63 Å². The molecule has 147 valence electrons. The molecule has 2 fully saturated rings. The van der Waals surface area contributed by atoms with Gasteiger partial charge in [-0.1, -0.05) is 0 Å². The largest absolute Gasteiger partial charge is 1.00 e. The van der Waals surface area contributed by atoms with Gasteiger partial charge in [0.25, 0.3) is 0 Å². The number of allylic oxidation sites excluding steroid dienone is 8. The molecule has 0 saturated heterocycles. The van der Waals surface area contributed by atoms with E-state index in [1.165, 1.54) is 25.7 Å². The SMILES string of the molecule is C[C](C)=[Zr+2][CH]1C2C=CC=CC2C2CCCC(C3=C(C)C(C)=C(C)C3)C21.[Cl-].[Cl-]. The van der Waals surface area contributed by atoms with Crippen molar-refractivity contribution in [1.82, 2.24) is 0 Å². The van der Waals surface area contributed by atoms with E-state index in [1.807, 2.05) is 5.57 Å². The maximum absolute atomic E-state index is 2.60. The fraction of sp³-hybridized carbons (Fsp3) is 0.625. The van der Waals surface area contributed by atoms with Crippen molar-refractivity contribution in [1.29, 1.82) is 0 Å². The summed E-state index contributed by atoms with van der Waals surface area (Å²) in [6.45, 7) is 12.0. The normalized spacial score (nSPS) is 36.6. The van der Waals surface area contributed by atoms with Crippen LogP contribution < -0.4 is 24.8 Å². The van der Waals surface area contributed by atoms with E-state index in [2.05, 4.69) is 58.9 Å². The van der Waals surface area contributed by atoms with Gasteiger partial charge in [0.1, 0.15) is 0 Å². The van der Waals surface area contributed by atoms with Gasteiger partial charge in [0.05, 0.1) is 0 Å². The van der Waals surface area contributed by atoms with Gasteiger partial charge in [0.15, 0.2) is 0 Å². The number of fused-ring (bicyclic) bond motifs is 3. The molecule has 0 N–H and O–H groups in total. The molecule has 27 heavy (non-hydrogen) atoms. The topological polar surface area (TPSA) is 0 Å². The fourth-order valence-corrected chi connectivity index (χ4v) is 10.9. The van der Waals surface area contributed by atoms with Gasteiger partial charge >= 0.3 is 166 Å². The van der Waals surface area contributed by atoms with Crippen LogP contribution in [0.4, 0.5) is 0 Å². The Kier molecular flexibility index (Phi) is 8.21. The average Bonchev–Trinajstić information content (AvgIpc) is 3.05. The van der Waals surface area contributed by atoms with Crippen molar-refractivity contribution in [2.45, 2.75) is 63.9 Å². The van der Waals surface area contributed by atoms with Crippen LogP contribution in [0.15, 0.2) is 46.6 Å². The van der Waals surface area contributed by atoms with Crippen molar-refractivity contribution in [3.05, 3.63) is 46.6 Å². The van der Waals surface area contributed by atoms with Gasteiger partial charge in [-0.15, -0.1) is 0 Å². The van der Waals surface area contributed by atoms with Gasteiger partial charge in [0.2, 0.25) is 0 Å². The van der Waals surface area contributed by atoms with Crippen molar-refractivity contribution in [2.24, 2.45) is 29.6 Å². The molecule has 0 aromatic rings. The van der Waals surface area contributed by atoms with E-state index < -0.39 is 22.8 Å². The second-order valence-electron chi connectivity index (χ2n) is 9.11. The molecule has 0 amide bonds. The average molecular weight is 484 g/mol. The van der Waals surface area contributed by atoms with E-state index in [9.17, 15) is 0 Å². The van der Waals surface area contributed by atoms with E-state index in [-0.39, 0.29) is 24.8 Å². The molecule has 4 rings (SSSR count). The molecular formula is C24H33Cl2Zr. The van der Waals surface area contributed by atoms with Crippen LogP contribution in [0.5, 0.6) is 0 Å². The molecule has 0 bridgehead atoms. The minimum Gasteiger partial charge on any atom is -1.00 e. The monoisotopic (exact) mass is 481 g/mol. The summed E-state index contributed by atoms with van der Waals surface area (Å²) in [5.74, 6) is 4.52. The Morgan fingerprint density at radius 2 is 1.59 bits per heavy atom. The third-order valence-electron chi connectivity index (χ3n) is 7.60. The van der Waals surface area contributed by atoms with Crippen LogP contribution in [0.1, 0.15) is 60.3 Å². The Balaban J connectivity index is 0.00000131. The maximum atomic E-state index is 2.60. The first-order valence-corrected chi connectivity index (χ1v) is 12.9. The third kappa shape index (κ3) is 4.13. The smallest absolute Gasteiger partial charge is 1.00 e. The molecule has 0 spiro atoms. The van der Waals surface area contributed by atoms with Crippen LogP contribution in [-0.2, 0) is 22.8 Å². The van der Waals surface area contributed by atoms with Crippen molar-refractivity contribution in [3.63, 3.8) is 0 Å². The maximum Gasteiger partial charge on any atom is -1.00 e. The van der Waals surface area contributed by atoms with E-state index in [4.69, 9.17) is 0 Å². The Bertz CT molecular complexity index is 721. The molecule has 6 unspecified atom stereocenters. The summed E-state index contributed by atoms with van der Waals surface area (Å²) >= 11 is -0.439. The van der Waals surface area contributed by atoms with Crippen molar-refractivity contribution < 1.29 is 47.6 Å². The van der Waals surface area contributed by atoms with E-state index >= 15 is 0 Å². The van der Waals surface area contributed by atoms with Gasteiger partial charge in [-0.25, -0.2) is 0 Å². The van der Waals surface area contributed by atoms with Crippen LogP contribution >= 0.6 is 0 Å². The van der Waals surface area contributed by atoms with Crippen molar-refractivity contribution in [2.75, 3.05) is 0 Å². The summed E-state index contributed by atoms with van der Waals surface area (Å²) in [5.41, 5.74) is 6.74. The standard InChI is InChI=1S/C21H27.C3H6.2ClH.Zr/c1-13-11-20(15(3)14(13)2)19-10-6-9-18-17-8-5-4-7-16(17)12-21(18)19;1-3-2;;;/h4-5,7-8,12,16-19,21H,6,9-11H2,1-3H3;1-2H3;2*1H;/q;;;;+2/p-2. The number of hydrogen-bond donors (Lipinski definition) is 0. The zero-order valence-electron chi connectivity index (χ0n) is 17.4. The van der Waals surface area contributed by atoms with Crippen molar-refractivity contribution >= 4 is 3.21 Å². The Labute approximate surface area is 189 Å². The Morgan fingerprint density at radius 1 is 0.926 bits per heavy atom. The first-order valence-electron chi connectivity index (χ1n) is 10.3. The van der Waals surface area contributed by atoms with E-state index in [0.717, 1.165) is 33.2 Å². The number of hydrogen-bond acceptors (Lipinski definition) is 0. The second-order valence-corrected chi connectivity index (χ2v) is 13.9. The molecule has 0 nitrogen and oxygen atoms in total. The first-order chi connectivity index (χ1) is 12.0. The molecule has 0 aromatic carbocycles. The van der Waals surface area contributed by atoms with Crippen LogP contribution in [0.25, 0.3) is 0 Å². The molecule has 6 atom stereocenters. The molecule has 0 heterocycles. The van der Waals surface area contributed by atoms with Gasteiger partial charge in [-0.2, -0.15) is 0 Å². The zero-order valence-corrected chi connectivity index (χ0v) is 21.3. The van der Waals surface area contributed by atoms with Gasteiger partial charge in [-0.05, 0) is 0 Å². The zero-order chi connectivity index (χ0) is 17.7. The quantitative estimate of drug-likeness (QED) is 0.538. The minimum absolute atomic E-state index is 0. The summed E-state index contributed by atoms with van der Waals surface area (Å²) in [7, 11) is 0. The molecule has 0 radical (unpaired) electrons. The summed E-state index contributed by atoms with van der Waals surface area (Å²) in [4.78, 5) is 0. The molecule has 3 heteroatoms. The molecule has 0 aliphatic heterocycles. The summed E-state index contributed by atoms with van der Waals surface area (Å²) in [6, 6.07) is 0. The number of halogens is 2. The molecule has 0 aromatic heterocycles. The van der Waals surface area contributed by atoms with Crippen molar-refractivity contribution in [3.8, 4) is 0 Å². The molecule has 2 saturated carbocycles. The van der Waals surface area contributed by atoms with E-state index in [0.29, 0.717) is 0 Å². The van der Waals surface area contributed by atoms with Gasteiger partial charge < -0.3 is 24.8 Å². The van der Waals surface area contributed by atoms with E-state index in [1.54, 1.807) is 19.9 Å². The predicted molar refractivity (Wildman–Crippen MR) is 105 cm³/mol. The van der Waals surface area contributed by atoms with Gasteiger partial charge in [0, 0.05) is 0 Å². The third-order valence-corrected chi connectivity index (χ3v) is 11.7. The Morgan fingerprint density at radius 3 is 2.19 bits per heavy atom. The van der Waals surface area contributed by atoms with Gasteiger partial charge in [-0.3, -0.25) is 0 Å². The summed E-state index contributed by atoms with van der Waals surface area (Å²) in [5, 5.41) is 0. The van der Waals surface area contributed by atoms with Crippen LogP contribution in [0, 0.1) is 29.6 Å². The molecule has 4 aliphatic carbocycles. The predicted octanol–water partition coefficient (Wildman–Crippen LogP) is 0.539. The summed E-state index contributed by atoms with van der Waals surface area (Å²) < 4.78 is 2.82. The summed E-state index contributed by atoms with van der Waals surface area (Å²) in [6.07, 6.45) is 15.5. The fourth-order valence-electron chi connectivity index (χ4n) is 6.36.